The number of carbonyl (C=O) groups is 3. The van der Waals surface area contributed by atoms with Gasteiger partial charge in [0.05, 0.1) is 17.4 Å². The zero-order chi connectivity index (χ0) is 20.8. The summed E-state index contributed by atoms with van der Waals surface area (Å²) in [6.07, 6.45) is -1.13. The number of ether oxygens (including phenoxy) is 1. The molecule has 2 amide bonds. The second-order valence-electron chi connectivity index (χ2n) is 6.59. The lowest BCUT2D eigenvalue weighted by atomic mass is 10.1. The van der Waals surface area contributed by atoms with E-state index in [1.54, 1.807) is 29.2 Å². The van der Waals surface area contributed by atoms with E-state index < -0.39 is 17.3 Å². The predicted octanol–water partition coefficient (Wildman–Crippen LogP) is 3.64. The van der Waals surface area contributed by atoms with Crippen LogP contribution in [0.25, 0.3) is 0 Å². The molecule has 7 heteroatoms. The Hall–Kier alpha value is -2.80. The molecule has 0 aromatic heterocycles. The van der Waals surface area contributed by atoms with Gasteiger partial charge in [0.15, 0.2) is 0 Å². The van der Waals surface area contributed by atoms with Crippen LogP contribution in [-0.4, -0.2) is 41.0 Å². The number of para-hydroxylation sites is 1. The molecule has 1 heterocycles. The first-order valence-electron chi connectivity index (χ1n) is 9.63. The van der Waals surface area contributed by atoms with E-state index in [0.717, 1.165) is 10.6 Å². The second-order valence-corrected chi connectivity index (χ2v) is 7.83. The van der Waals surface area contributed by atoms with E-state index in [1.165, 1.54) is 11.8 Å². The van der Waals surface area contributed by atoms with Crippen LogP contribution in [-0.2, 0) is 19.1 Å². The average Bonchev–Trinajstić information content (AvgIpc) is 2.74. The smallest absolute Gasteiger partial charge is 0.308 e. The predicted molar refractivity (Wildman–Crippen MR) is 113 cm³/mol. The minimum atomic E-state index is -1.02. The minimum absolute atomic E-state index is 0.111. The monoisotopic (exact) mass is 412 g/mol. The summed E-state index contributed by atoms with van der Waals surface area (Å²) in [5, 5.41) is 2.22. The highest BCUT2D eigenvalue weighted by atomic mass is 32.2. The lowest BCUT2D eigenvalue weighted by Crippen LogP contribution is -2.37. The number of nitrogens with one attached hydrogen (secondary N) is 1. The molecule has 0 saturated carbocycles. The van der Waals surface area contributed by atoms with Crippen molar-refractivity contribution >= 4 is 35.2 Å². The number of hydrogen-bond donors (Lipinski definition) is 1. The Morgan fingerprint density at radius 1 is 1.07 bits per heavy atom. The maximum Gasteiger partial charge on any atom is 0.308 e. The fourth-order valence-electron chi connectivity index (χ4n) is 3.15. The zero-order valence-electron chi connectivity index (χ0n) is 16.5. The second kappa shape index (κ2) is 9.60. The highest BCUT2D eigenvalue weighted by Gasteiger charge is 2.33. The van der Waals surface area contributed by atoms with Crippen LogP contribution in [0.1, 0.15) is 31.9 Å². The van der Waals surface area contributed by atoms with Gasteiger partial charge in [-0.2, -0.15) is 0 Å². The van der Waals surface area contributed by atoms with Crippen LogP contribution in [0.4, 0.5) is 5.69 Å². The van der Waals surface area contributed by atoms with E-state index in [-0.39, 0.29) is 18.2 Å². The largest absolute Gasteiger partial charge is 0.447 e. The van der Waals surface area contributed by atoms with Crippen molar-refractivity contribution in [3.05, 3.63) is 60.2 Å². The molecular formula is C22H24N2O4S. The molecule has 6 nitrogen and oxygen atoms in total. The fourth-order valence-corrected chi connectivity index (χ4v) is 4.24. The first kappa shape index (κ1) is 20.9. The molecule has 2 aromatic rings. The van der Waals surface area contributed by atoms with Crippen molar-refractivity contribution in [3.8, 4) is 0 Å². The Balaban J connectivity index is 1.73. The van der Waals surface area contributed by atoms with E-state index in [4.69, 9.17) is 4.74 Å². The number of rotatable bonds is 7. The number of likely N-dealkylation sites (N-methyl/N-ethyl adjacent to an activating group) is 1. The summed E-state index contributed by atoms with van der Waals surface area (Å²) in [4.78, 5) is 40.5. The van der Waals surface area contributed by atoms with Crippen LogP contribution in [0.15, 0.2) is 59.5 Å². The number of hydrogen-bond acceptors (Lipinski definition) is 5. The number of esters is 1. The molecule has 3 rings (SSSR count). The van der Waals surface area contributed by atoms with Crippen molar-refractivity contribution in [2.45, 2.75) is 36.5 Å². The summed E-state index contributed by atoms with van der Waals surface area (Å²) in [5.74, 6) is -1.08. The van der Waals surface area contributed by atoms with Gasteiger partial charge >= 0.3 is 5.97 Å². The van der Waals surface area contributed by atoms with Crippen LogP contribution >= 0.6 is 11.8 Å². The Bertz CT molecular complexity index is 883. The number of amides is 2. The summed E-state index contributed by atoms with van der Waals surface area (Å²) in [5.41, 5.74) is 1.36. The van der Waals surface area contributed by atoms with Crippen molar-refractivity contribution < 1.29 is 19.1 Å². The van der Waals surface area contributed by atoms with Crippen LogP contribution in [0, 0.1) is 0 Å². The summed E-state index contributed by atoms with van der Waals surface area (Å²) >= 11 is 1.33. The summed E-state index contributed by atoms with van der Waals surface area (Å²) < 4.78 is 5.60. The lowest BCUT2D eigenvalue weighted by Gasteiger charge is -2.27. The fraction of sp³-hybridized carbons (Fsp3) is 0.318. The summed E-state index contributed by atoms with van der Waals surface area (Å²) in [6.45, 7) is 4.80. The molecule has 0 fully saturated rings. The van der Waals surface area contributed by atoms with Crippen LogP contribution in [0.2, 0.25) is 0 Å². The van der Waals surface area contributed by atoms with Gasteiger partial charge in [-0.1, -0.05) is 42.5 Å². The van der Waals surface area contributed by atoms with Gasteiger partial charge in [0, 0.05) is 23.5 Å². The Kier molecular flexibility index (Phi) is 6.93. The first-order chi connectivity index (χ1) is 14.0. The van der Waals surface area contributed by atoms with Crippen molar-refractivity contribution in [1.29, 1.82) is 0 Å². The molecule has 29 heavy (non-hydrogen) atoms. The Morgan fingerprint density at radius 2 is 1.72 bits per heavy atom. The molecule has 2 atom stereocenters. The van der Waals surface area contributed by atoms with Crippen molar-refractivity contribution in [2.75, 3.05) is 18.4 Å². The van der Waals surface area contributed by atoms with E-state index >= 15 is 0 Å². The van der Waals surface area contributed by atoms with Gasteiger partial charge < -0.3 is 15.0 Å². The third-order valence-corrected chi connectivity index (χ3v) is 5.98. The van der Waals surface area contributed by atoms with Gasteiger partial charge in [0.2, 0.25) is 12.0 Å². The molecule has 0 unspecified atom stereocenters. The normalized spacial score (nSPS) is 16.3. The van der Waals surface area contributed by atoms with E-state index in [1.807, 2.05) is 44.2 Å². The van der Waals surface area contributed by atoms with Gasteiger partial charge in [-0.05, 0) is 26.0 Å². The van der Waals surface area contributed by atoms with E-state index in [2.05, 4.69) is 5.32 Å². The molecule has 152 valence electrons. The number of carbonyl (C=O) groups excluding carboxylic acids is 3. The number of benzene rings is 2. The van der Waals surface area contributed by atoms with Crippen LogP contribution in [0.5, 0.6) is 0 Å². The maximum absolute atomic E-state index is 12.9. The standard InChI is InChI=1S/C22H24N2O4S/c1-3-24(4-2)22(27)20(15-10-6-5-7-11-15)28-19(25)14-18-21(26)23-16-12-8-9-13-17(16)29-18/h5-13,18,20H,3-4,14H2,1-2H3,(H,23,26)/t18-,20+/m0/s1. The molecular weight excluding hydrogens is 388 g/mol. The Labute approximate surface area is 174 Å². The highest BCUT2D eigenvalue weighted by Crippen LogP contribution is 2.37. The van der Waals surface area contributed by atoms with Gasteiger partial charge in [-0.3, -0.25) is 14.4 Å². The van der Waals surface area contributed by atoms with Gasteiger partial charge in [-0.15, -0.1) is 11.8 Å². The SMILES string of the molecule is CCN(CC)C(=O)[C@H](OC(=O)C[C@@H]1Sc2ccccc2NC1=O)c1ccccc1. The quantitative estimate of drug-likeness (QED) is 0.703. The number of thioether (sulfide) groups is 1. The molecule has 0 radical (unpaired) electrons. The topological polar surface area (TPSA) is 75.7 Å². The number of anilines is 1. The average molecular weight is 413 g/mol. The molecule has 1 N–H and O–H groups in total. The number of nitrogens with zero attached hydrogens (tertiary/aromatic N) is 1. The van der Waals surface area contributed by atoms with E-state index in [0.29, 0.717) is 18.7 Å². The first-order valence-corrected chi connectivity index (χ1v) is 10.5. The third-order valence-electron chi connectivity index (χ3n) is 4.71. The highest BCUT2D eigenvalue weighted by molar-refractivity contribution is 8.01. The summed E-state index contributed by atoms with van der Waals surface area (Å²) in [6, 6.07) is 16.4. The molecule has 1 aliphatic rings. The van der Waals surface area contributed by atoms with Crippen molar-refractivity contribution in [3.63, 3.8) is 0 Å². The van der Waals surface area contributed by atoms with Crippen LogP contribution < -0.4 is 5.32 Å². The molecule has 0 aliphatic carbocycles. The molecule has 2 aromatic carbocycles. The molecule has 0 bridgehead atoms. The maximum atomic E-state index is 12.9. The molecule has 0 spiro atoms. The van der Waals surface area contributed by atoms with Crippen molar-refractivity contribution in [2.24, 2.45) is 0 Å². The minimum Gasteiger partial charge on any atom is -0.447 e. The van der Waals surface area contributed by atoms with Crippen molar-refractivity contribution in [1.82, 2.24) is 4.90 Å². The van der Waals surface area contributed by atoms with Crippen LogP contribution in [0.3, 0.4) is 0 Å². The zero-order valence-corrected chi connectivity index (χ0v) is 17.3. The molecule has 1 aliphatic heterocycles. The van der Waals surface area contributed by atoms with Gasteiger partial charge in [-0.25, -0.2) is 0 Å². The lowest BCUT2D eigenvalue weighted by molar-refractivity contribution is -0.161. The summed E-state index contributed by atoms with van der Waals surface area (Å²) in [7, 11) is 0. The van der Waals surface area contributed by atoms with Gasteiger partial charge in [0.25, 0.3) is 5.91 Å². The molecule has 0 saturated heterocycles. The van der Waals surface area contributed by atoms with E-state index in [9.17, 15) is 14.4 Å². The van der Waals surface area contributed by atoms with Gasteiger partial charge in [0.1, 0.15) is 0 Å². The third kappa shape index (κ3) is 4.98. The Morgan fingerprint density at radius 3 is 2.41 bits per heavy atom. The number of fused-ring (bicyclic) bond motifs is 1.